The monoisotopic (exact) mass is 582 g/mol. The van der Waals surface area contributed by atoms with Crippen LogP contribution in [0.25, 0.3) is 53.1 Å². The molecule has 0 saturated heterocycles. The van der Waals surface area contributed by atoms with E-state index in [1.807, 2.05) is 17.4 Å². The summed E-state index contributed by atoms with van der Waals surface area (Å²) in [5.41, 5.74) is 9.44. The Kier molecular flexibility index (Phi) is 5.13. The molecule has 7 aromatic rings. The minimum atomic E-state index is -0.433. The van der Waals surface area contributed by atoms with Crippen molar-refractivity contribution in [3.8, 4) is 17.2 Å². The van der Waals surface area contributed by atoms with Gasteiger partial charge < -0.3 is 4.57 Å². The lowest BCUT2D eigenvalue weighted by molar-refractivity contribution is 0.430. The standard InChI is InChI=1S/C41H30N2S/c1-40(2)33-13-7-4-10-27(33)31-21-32-30-18-17-26(20-37(30)44-38(32)22-34(31)40)41(3)23-25(24-42)16-19-39(41)43-35-14-8-5-11-28(35)29-12-6-9-15-36(29)43/h4-23,39H,1-3H3. The molecule has 2 atom stereocenters. The molecule has 2 aromatic heterocycles. The molecule has 5 aromatic carbocycles. The number of hydrogen-bond donors (Lipinski definition) is 0. The average Bonchev–Trinajstić information content (AvgIpc) is 3.65. The summed E-state index contributed by atoms with van der Waals surface area (Å²) in [6.45, 7) is 6.99. The van der Waals surface area contributed by atoms with E-state index in [4.69, 9.17) is 0 Å². The Morgan fingerprint density at radius 3 is 2.11 bits per heavy atom. The van der Waals surface area contributed by atoms with E-state index in [9.17, 15) is 5.26 Å². The zero-order valence-corrected chi connectivity index (χ0v) is 25.7. The van der Waals surface area contributed by atoms with Crippen LogP contribution in [0.4, 0.5) is 0 Å². The van der Waals surface area contributed by atoms with Gasteiger partial charge >= 0.3 is 0 Å². The van der Waals surface area contributed by atoms with Gasteiger partial charge in [0.05, 0.1) is 12.1 Å². The molecule has 0 amide bonds. The van der Waals surface area contributed by atoms with Gasteiger partial charge in [-0.05, 0) is 71.1 Å². The second-order valence-corrected chi connectivity index (χ2v) is 14.2. The van der Waals surface area contributed by atoms with E-state index in [0.29, 0.717) is 5.57 Å². The van der Waals surface area contributed by atoms with E-state index in [0.717, 1.165) is 0 Å². The van der Waals surface area contributed by atoms with E-state index in [2.05, 4.69) is 147 Å². The van der Waals surface area contributed by atoms with Gasteiger partial charge in [0.25, 0.3) is 0 Å². The number of nitrogens with zero attached hydrogens (tertiary/aromatic N) is 2. The van der Waals surface area contributed by atoms with Crippen molar-refractivity contribution in [2.24, 2.45) is 0 Å². The van der Waals surface area contributed by atoms with Gasteiger partial charge in [0.1, 0.15) is 0 Å². The molecular formula is C41H30N2S. The molecule has 0 saturated carbocycles. The number of nitriles is 1. The summed E-state index contributed by atoms with van der Waals surface area (Å²) in [5.74, 6) is 0. The fourth-order valence-corrected chi connectivity index (χ4v) is 9.25. The number of rotatable bonds is 2. The summed E-state index contributed by atoms with van der Waals surface area (Å²) in [7, 11) is 0. The maximum absolute atomic E-state index is 10.0. The fourth-order valence-electron chi connectivity index (χ4n) is 8.09. The summed E-state index contributed by atoms with van der Waals surface area (Å²) >= 11 is 1.88. The van der Waals surface area contributed by atoms with Gasteiger partial charge in [0.15, 0.2) is 0 Å². The molecule has 0 fully saturated rings. The molecule has 2 aliphatic rings. The molecular weight excluding hydrogens is 553 g/mol. The molecule has 2 aliphatic carbocycles. The molecule has 9 rings (SSSR count). The lowest BCUT2D eigenvalue weighted by Crippen LogP contribution is -2.33. The summed E-state index contributed by atoms with van der Waals surface area (Å²) < 4.78 is 5.10. The van der Waals surface area contributed by atoms with Gasteiger partial charge in [-0.25, -0.2) is 0 Å². The van der Waals surface area contributed by atoms with Crippen molar-refractivity contribution in [3.05, 3.63) is 144 Å². The van der Waals surface area contributed by atoms with Crippen LogP contribution < -0.4 is 0 Å². The molecule has 44 heavy (non-hydrogen) atoms. The summed E-state index contributed by atoms with van der Waals surface area (Å²) in [5, 5.41) is 15.1. The molecule has 0 bridgehead atoms. The quantitative estimate of drug-likeness (QED) is 0.199. The van der Waals surface area contributed by atoms with Crippen molar-refractivity contribution < 1.29 is 0 Å². The van der Waals surface area contributed by atoms with Crippen LogP contribution in [0.15, 0.2) is 127 Å². The average molecular weight is 583 g/mol. The summed E-state index contributed by atoms with van der Waals surface area (Å²) in [6, 6.07) is 40.5. The van der Waals surface area contributed by atoms with Crippen LogP contribution in [0.1, 0.15) is 43.5 Å². The normalized spacial score (nSPS) is 20.2. The highest BCUT2D eigenvalue weighted by molar-refractivity contribution is 7.25. The Hall–Kier alpha value is -4.91. The predicted octanol–water partition coefficient (Wildman–Crippen LogP) is 11.0. The number of aromatic nitrogens is 1. The van der Waals surface area contributed by atoms with E-state index in [-0.39, 0.29) is 11.5 Å². The minimum absolute atomic E-state index is 0.00247. The Balaban J connectivity index is 1.25. The van der Waals surface area contributed by atoms with Crippen LogP contribution >= 0.6 is 11.3 Å². The Morgan fingerprint density at radius 1 is 0.682 bits per heavy atom. The topological polar surface area (TPSA) is 28.7 Å². The lowest BCUT2D eigenvalue weighted by atomic mass is 9.71. The lowest BCUT2D eigenvalue weighted by Gasteiger charge is -2.38. The third kappa shape index (κ3) is 3.29. The molecule has 3 heteroatoms. The molecule has 0 spiro atoms. The Labute approximate surface area is 260 Å². The molecule has 0 radical (unpaired) electrons. The van der Waals surface area contributed by atoms with Crippen molar-refractivity contribution in [2.45, 2.75) is 37.6 Å². The van der Waals surface area contributed by atoms with Crippen molar-refractivity contribution in [3.63, 3.8) is 0 Å². The number of benzene rings is 5. The Morgan fingerprint density at radius 2 is 1.36 bits per heavy atom. The highest BCUT2D eigenvalue weighted by Gasteiger charge is 2.39. The molecule has 2 unspecified atom stereocenters. The van der Waals surface area contributed by atoms with Gasteiger partial charge in [-0.3, -0.25) is 0 Å². The number of thiophene rings is 1. The first-order valence-electron chi connectivity index (χ1n) is 15.3. The highest BCUT2D eigenvalue weighted by atomic mass is 32.1. The summed E-state index contributed by atoms with van der Waals surface area (Å²) in [4.78, 5) is 0. The second-order valence-electron chi connectivity index (χ2n) is 13.1. The first kappa shape index (κ1) is 25.6. The van der Waals surface area contributed by atoms with Crippen LogP contribution in [0.5, 0.6) is 0 Å². The smallest absolute Gasteiger partial charge is 0.0988 e. The molecule has 0 N–H and O–H groups in total. The predicted molar refractivity (Wildman–Crippen MR) is 186 cm³/mol. The van der Waals surface area contributed by atoms with Crippen molar-refractivity contribution in [1.82, 2.24) is 4.57 Å². The van der Waals surface area contributed by atoms with E-state index >= 15 is 0 Å². The molecule has 2 heterocycles. The van der Waals surface area contributed by atoms with E-state index < -0.39 is 5.41 Å². The SMILES string of the molecule is CC1(C)c2ccccc2-c2cc3c(cc21)sc1cc(C2(C)C=C(C#N)C=CC2n2c4ccccc4c4ccccc42)ccc13. The highest BCUT2D eigenvalue weighted by Crippen LogP contribution is 2.52. The third-order valence-corrected chi connectivity index (χ3v) is 11.5. The molecule has 0 aliphatic heterocycles. The summed E-state index contributed by atoms with van der Waals surface area (Å²) in [6.07, 6.45) is 6.41. The van der Waals surface area contributed by atoms with Crippen molar-refractivity contribution in [1.29, 1.82) is 5.26 Å². The zero-order valence-electron chi connectivity index (χ0n) is 24.9. The first-order chi connectivity index (χ1) is 21.4. The van der Waals surface area contributed by atoms with Gasteiger partial charge in [-0.15, -0.1) is 11.3 Å². The maximum Gasteiger partial charge on any atom is 0.0988 e. The fraction of sp³-hybridized carbons (Fsp3) is 0.146. The van der Waals surface area contributed by atoms with Crippen LogP contribution in [-0.4, -0.2) is 4.57 Å². The van der Waals surface area contributed by atoms with Gasteiger partial charge in [0.2, 0.25) is 0 Å². The van der Waals surface area contributed by atoms with Crippen LogP contribution in [-0.2, 0) is 10.8 Å². The van der Waals surface area contributed by atoms with Crippen LogP contribution in [0.3, 0.4) is 0 Å². The maximum atomic E-state index is 10.0. The molecule has 210 valence electrons. The number of para-hydroxylation sites is 2. The minimum Gasteiger partial charge on any atom is -0.332 e. The second kappa shape index (κ2) is 8.82. The Bertz CT molecular complexity index is 2410. The number of allylic oxidation sites excluding steroid dienone is 4. The van der Waals surface area contributed by atoms with Crippen molar-refractivity contribution in [2.75, 3.05) is 0 Å². The number of hydrogen-bond acceptors (Lipinski definition) is 2. The first-order valence-corrected chi connectivity index (χ1v) is 16.1. The molecule has 2 nitrogen and oxygen atoms in total. The number of fused-ring (bicyclic) bond motifs is 9. The van der Waals surface area contributed by atoms with Gasteiger partial charge in [0, 0.05) is 58.4 Å². The van der Waals surface area contributed by atoms with Crippen LogP contribution in [0.2, 0.25) is 0 Å². The van der Waals surface area contributed by atoms with Crippen LogP contribution in [0, 0.1) is 11.3 Å². The van der Waals surface area contributed by atoms with E-state index in [1.165, 1.54) is 69.8 Å². The van der Waals surface area contributed by atoms with Gasteiger partial charge in [-0.2, -0.15) is 5.26 Å². The third-order valence-electron chi connectivity index (χ3n) is 10.3. The van der Waals surface area contributed by atoms with Gasteiger partial charge in [-0.1, -0.05) is 98.8 Å². The van der Waals surface area contributed by atoms with E-state index in [1.54, 1.807) is 0 Å². The largest absolute Gasteiger partial charge is 0.332 e. The van der Waals surface area contributed by atoms with Crippen molar-refractivity contribution >= 4 is 53.3 Å². The zero-order chi connectivity index (χ0) is 29.8.